The third-order valence-electron chi connectivity index (χ3n) is 13.3. The molecule has 4 aromatic carbocycles. The Kier molecular flexibility index (Phi) is 20.2. The molecule has 2 aliphatic heterocycles. The van der Waals surface area contributed by atoms with Gasteiger partial charge in [-0.05, 0) is 77.1 Å². The molecule has 2 aliphatic rings. The number of hydrogen-bond acceptors (Lipinski definition) is 14. The van der Waals surface area contributed by atoms with Gasteiger partial charge in [-0.25, -0.2) is 0 Å². The van der Waals surface area contributed by atoms with Gasteiger partial charge in [0.05, 0.1) is 16.1 Å². The van der Waals surface area contributed by atoms with Gasteiger partial charge in [0.2, 0.25) is 0 Å². The van der Waals surface area contributed by atoms with E-state index in [2.05, 4.69) is 18.7 Å². The number of aromatic hydroxyl groups is 4. The second-order valence-electron chi connectivity index (χ2n) is 18.9. The van der Waals surface area contributed by atoms with Crippen LogP contribution < -0.4 is 10.9 Å². The summed E-state index contributed by atoms with van der Waals surface area (Å²) in [6, 6.07) is 18.8. The summed E-state index contributed by atoms with van der Waals surface area (Å²) in [5.41, 5.74) is 0.984. The van der Waals surface area contributed by atoms with Crippen molar-refractivity contribution >= 4 is 57.1 Å². The fraction of sp³-hybridized carbons (Fsp3) is 0.429. The van der Waals surface area contributed by atoms with Gasteiger partial charge in [-0.1, -0.05) is 99.8 Å². The van der Waals surface area contributed by atoms with E-state index in [1.807, 2.05) is 19.0 Å². The summed E-state index contributed by atoms with van der Waals surface area (Å²) in [6.07, 6.45) is 8.63. The van der Waals surface area contributed by atoms with Crippen LogP contribution in [0.15, 0.2) is 91.2 Å². The van der Waals surface area contributed by atoms with E-state index in [1.165, 1.54) is 18.6 Å². The molecule has 8 rings (SSSR count). The third-order valence-corrected chi connectivity index (χ3v) is 14.0. The van der Waals surface area contributed by atoms with E-state index in [-0.39, 0.29) is 62.4 Å². The molecule has 0 spiro atoms. The lowest BCUT2D eigenvalue weighted by Gasteiger charge is -2.36. The Morgan fingerprint density at radius 3 is 1.55 bits per heavy atom. The van der Waals surface area contributed by atoms with E-state index >= 15 is 0 Å². The van der Waals surface area contributed by atoms with Gasteiger partial charge in [-0.3, -0.25) is 19.2 Å². The quantitative estimate of drug-likeness (QED) is 0.0415. The number of hydrogen-bond donors (Lipinski definition) is 6. The van der Waals surface area contributed by atoms with Gasteiger partial charge >= 0.3 is 11.9 Å². The van der Waals surface area contributed by atoms with Gasteiger partial charge in [-0.2, -0.15) is 0 Å². The van der Waals surface area contributed by atoms with Gasteiger partial charge in [0.25, 0.3) is 0 Å². The zero-order chi connectivity index (χ0) is 52.9. The van der Waals surface area contributed by atoms with Crippen LogP contribution in [0.4, 0.5) is 0 Å². The van der Waals surface area contributed by atoms with Crippen molar-refractivity contribution in [1.82, 2.24) is 9.80 Å². The highest BCUT2D eigenvalue weighted by atomic mass is 35.5. The number of ether oxygens (including phenoxy) is 1. The number of carbonyl (C=O) groups is 2. The van der Waals surface area contributed by atoms with Crippen LogP contribution in [-0.2, 0) is 14.3 Å². The number of rotatable bonds is 15. The average Bonchev–Trinajstić information content (AvgIpc) is 3.33. The number of nitrogens with zero attached hydrogens (tertiary/aromatic N) is 2. The van der Waals surface area contributed by atoms with Crippen LogP contribution in [0.25, 0.3) is 44.6 Å². The number of β-amino-alcohol motifs (C(OH)–C–C–N with tert-alkyl or cyclic N) is 1. The molecule has 4 heterocycles. The molecule has 6 N–H and O–H groups in total. The Labute approximate surface area is 434 Å². The molecule has 6 aromatic rings. The van der Waals surface area contributed by atoms with Crippen LogP contribution in [0.1, 0.15) is 114 Å². The number of piperidine rings is 2. The lowest BCUT2D eigenvalue weighted by atomic mass is 9.85. The molecule has 392 valence electrons. The van der Waals surface area contributed by atoms with E-state index < -0.39 is 40.9 Å². The molecule has 15 nitrogen and oxygen atoms in total. The van der Waals surface area contributed by atoms with Crippen LogP contribution in [0.5, 0.6) is 23.0 Å². The number of halogens is 2. The fourth-order valence-electron chi connectivity index (χ4n) is 9.52. The van der Waals surface area contributed by atoms with Gasteiger partial charge in [-0.15, -0.1) is 0 Å². The van der Waals surface area contributed by atoms with Crippen LogP contribution in [0, 0.1) is 0 Å². The standard InChI is InChI=1S/C28H32ClNO6.C21H20ClNO5.C7H14O2/c1-3-4-5-6-11-25(34)35-24-16-30(2)13-12-18(24)26-20(31)14-21(32)27-22(33)15-23(36-28(26)27)17-9-7-8-10-19(17)29;1-23-7-6-12(17(27)10-23)19-14(24)8-15(25)20-16(26)9-18(28-21(19)20)11-4-2-3-5-13(11)22;1-2-3-4-5-6-7(8)9/h7-10,14-15,18,24,31-32H,3-6,11-13,16H2,1-2H3;2-5,8-9,12,17,24-25,27H,6-7,10H2,1H3;2-6H2,1H3,(H,8,9)/t18-,24+;12-,17+;/m00./s1. The number of aliphatic carboxylic acids is 1. The largest absolute Gasteiger partial charge is 0.507 e. The van der Waals surface area contributed by atoms with Gasteiger partial charge in [0, 0.05) is 84.3 Å². The monoisotopic (exact) mass is 1040 g/mol. The van der Waals surface area contributed by atoms with Crippen molar-refractivity contribution in [2.45, 2.75) is 115 Å². The summed E-state index contributed by atoms with van der Waals surface area (Å²) in [5.74, 6) is -2.50. The maximum atomic E-state index is 13.1. The lowest BCUT2D eigenvalue weighted by Crippen LogP contribution is -2.43. The van der Waals surface area contributed by atoms with Crippen molar-refractivity contribution in [3.05, 3.63) is 114 Å². The summed E-state index contributed by atoms with van der Waals surface area (Å²) in [4.78, 5) is 52.5. The number of fused-ring (bicyclic) bond motifs is 2. The molecule has 73 heavy (non-hydrogen) atoms. The van der Waals surface area contributed by atoms with E-state index in [9.17, 15) is 44.7 Å². The highest BCUT2D eigenvalue weighted by molar-refractivity contribution is 6.33. The topological polar surface area (TPSA) is 232 Å². The van der Waals surface area contributed by atoms with Crippen LogP contribution in [0.2, 0.25) is 10.0 Å². The number of likely N-dealkylation sites (tertiary alicyclic amines) is 2. The molecular formula is C56H66Cl2N2O13. The minimum atomic E-state index is -0.744. The number of carboxylic acid groups (broad SMARTS) is 1. The molecule has 2 aromatic heterocycles. The summed E-state index contributed by atoms with van der Waals surface area (Å²) in [7, 11) is 3.85. The highest BCUT2D eigenvalue weighted by Crippen LogP contribution is 2.45. The first kappa shape index (κ1) is 56.2. The molecule has 0 saturated carbocycles. The summed E-state index contributed by atoms with van der Waals surface area (Å²) in [6.45, 7) is 6.55. The van der Waals surface area contributed by atoms with E-state index in [0.717, 1.165) is 63.6 Å². The van der Waals surface area contributed by atoms with E-state index in [1.54, 1.807) is 48.5 Å². The van der Waals surface area contributed by atoms with Crippen LogP contribution in [0.3, 0.4) is 0 Å². The molecule has 2 saturated heterocycles. The van der Waals surface area contributed by atoms with Gasteiger partial charge in [0.1, 0.15) is 62.6 Å². The van der Waals surface area contributed by atoms with Crippen molar-refractivity contribution in [3.63, 3.8) is 0 Å². The molecule has 0 unspecified atom stereocenters. The average molecular weight is 1050 g/mol. The molecule has 17 heteroatoms. The fourth-order valence-corrected chi connectivity index (χ4v) is 9.98. The van der Waals surface area contributed by atoms with Crippen LogP contribution in [-0.4, -0.2) is 105 Å². The highest BCUT2D eigenvalue weighted by Gasteiger charge is 2.37. The first-order valence-corrected chi connectivity index (χ1v) is 25.7. The normalized spacial score (nSPS) is 18.1. The second kappa shape index (κ2) is 26.2. The third kappa shape index (κ3) is 14.2. The van der Waals surface area contributed by atoms with E-state index in [4.69, 9.17) is 41.9 Å². The van der Waals surface area contributed by atoms with Crippen molar-refractivity contribution < 1.29 is 53.8 Å². The van der Waals surface area contributed by atoms with Crippen molar-refractivity contribution in [1.29, 1.82) is 0 Å². The Hall–Kier alpha value is -6.10. The molecule has 0 bridgehead atoms. The van der Waals surface area contributed by atoms with Crippen LogP contribution >= 0.6 is 23.2 Å². The number of aliphatic hydroxyl groups is 1. The summed E-state index contributed by atoms with van der Waals surface area (Å²) < 4.78 is 18.1. The molecule has 0 radical (unpaired) electrons. The number of aliphatic hydroxyl groups excluding tert-OH is 1. The first-order chi connectivity index (χ1) is 34.9. The first-order valence-electron chi connectivity index (χ1n) is 24.9. The zero-order valence-electron chi connectivity index (χ0n) is 41.7. The number of benzene rings is 4. The maximum absolute atomic E-state index is 13.1. The SMILES string of the molecule is CCCCCCC(=O)O.CCCCCCC(=O)O[C@@H]1CN(C)CC[C@@H]1c1c(O)cc(O)c2c(=O)cc(-c3ccccc3Cl)oc12.CN1CC[C@H](c2c(O)cc(O)c3c(=O)cc(-c4ccccc4Cl)oc23)[C@H](O)C1. The maximum Gasteiger partial charge on any atom is 0.306 e. The smallest absolute Gasteiger partial charge is 0.306 e. The van der Waals surface area contributed by atoms with Crippen molar-refractivity contribution in [2.75, 3.05) is 40.3 Å². The number of unbranched alkanes of at least 4 members (excludes halogenated alkanes) is 6. The number of phenolic OH excluding ortho intramolecular Hbond substituents is 4. The van der Waals surface area contributed by atoms with Crippen molar-refractivity contribution in [3.8, 4) is 45.6 Å². The molecule has 2 fully saturated rings. The Morgan fingerprint density at radius 1 is 0.630 bits per heavy atom. The Balaban J connectivity index is 0.000000208. The molecule has 0 amide bonds. The molecule has 4 atom stereocenters. The molecule has 0 aliphatic carbocycles. The Bertz CT molecular complexity index is 2990. The number of carbonyl (C=O) groups excluding carboxylic acids is 1. The second-order valence-corrected chi connectivity index (χ2v) is 19.7. The van der Waals surface area contributed by atoms with E-state index in [0.29, 0.717) is 77.6 Å². The summed E-state index contributed by atoms with van der Waals surface area (Å²) >= 11 is 12.6. The number of esters is 1. The lowest BCUT2D eigenvalue weighted by molar-refractivity contribution is -0.152. The van der Waals surface area contributed by atoms with Gasteiger partial charge in [0.15, 0.2) is 10.9 Å². The predicted molar refractivity (Wildman–Crippen MR) is 283 cm³/mol. The number of likely N-dealkylation sites (N-methyl/N-ethyl adjacent to an activating group) is 2. The minimum absolute atomic E-state index is 0.0188. The van der Waals surface area contributed by atoms with Gasteiger partial charge < -0.3 is 54.0 Å². The predicted octanol–water partition coefficient (Wildman–Crippen LogP) is 11.2. The zero-order valence-corrected chi connectivity index (χ0v) is 43.3. The minimum Gasteiger partial charge on any atom is -0.507 e. The number of carboxylic acids is 1. The summed E-state index contributed by atoms with van der Waals surface area (Å²) in [5, 5.41) is 61.9. The Morgan fingerprint density at radius 2 is 1.08 bits per heavy atom. The molecular weight excluding hydrogens is 980 g/mol. The van der Waals surface area contributed by atoms with Crippen molar-refractivity contribution in [2.24, 2.45) is 0 Å². The number of phenols is 4.